The second kappa shape index (κ2) is 7.22. The predicted octanol–water partition coefficient (Wildman–Crippen LogP) is 1.62. The summed E-state index contributed by atoms with van der Waals surface area (Å²) in [6.45, 7) is 6.43. The normalized spacial score (nSPS) is 21.3. The van der Waals surface area contributed by atoms with Crippen molar-refractivity contribution in [1.29, 1.82) is 0 Å². The summed E-state index contributed by atoms with van der Waals surface area (Å²) in [5.74, 6) is -0.330. The van der Waals surface area contributed by atoms with Gasteiger partial charge in [-0.15, -0.1) is 0 Å². The maximum absolute atomic E-state index is 12.5. The van der Waals surface area contributed by atoms with Crippen LogP contribution in [0, 0.1) is 0 Å². The summed E-state index contributed by atoms with van der Waals surface area (Å²) in [4.78, 5) is 27.1. The first-order valence-electron chi connectivity index (χ1n) is 7.36. The third-order valence-electron chi connectivity index (χ3n) is 3.85. The van der Waals surface area contributed by atoms with E-state index in [0.717, 1.165) is 5.56 Å². The Bertz CT molecular complexity index is 544. The molecule has 22 heavy (non-hydrogen) atoms. The van der Waals surface area contributed by atoms with Crippen LogP contribution in [0.1, 0.15) is 18.6 Å². The van der Waals surface area contributed by atoms with E-state index in [1.54, 1.807) is 11.9 Å². The van der Waals surface area contributed by atoms with Gasteiger partial charge in [0.1, 0.15) is 6.10 Å². The van der Waals surface area contributed by atoms with Crippen LogP contribution in [0.2, 0.25) is 0 Å². The van der Waals surface area contributed by atoms with Gasteiger partial charge in [0, 0.05) is 7.05 Å². The van der Waals surface area contributed by atoms with Crippen LogP contribution >= 0.6 is 0 Å². The molecule has 5 nitrogen and oxygen atoms in total. The second-order valence-electron chi connectivity index (χ2n) is 5.53. The van der Waals surface area contributed by atoms with Crippen molar-refractivity contribution in [2.24, 2.45) is 0 Å². The fraction of sp³-hybridized carbons (Fsp3) is 0.412. The summed E-state index contributed by atoms with van der Waals surface area (Å²) in [5, 5.41) is 0. The quantitative estimate of drug-likeness (QED) is 0.794. The number of hydrogen-bond acceptors (Lipinski definition) is 3. The Morgan fingerprint density at radius 2 is 2.09 bits per heavy atom. The van der Waals surface area contributed by atoms with E-state index < -0.39 is 0 Å². The molecular formula is C17H22N2O3. The van der Waals surface area contributed by atoms with Crippen LogP contribution in [-0.4, -0.2) is 54.4 Å². The third-order valence-corrected chi connectivity index (χ3v) is 3.85. The van der Waals surface area contributed by atoms with Crippen LogP contribution < -0.4 is 0 Å². The summed E-state index contributed by atoms with van der Waals surface area (Å²) in [5.41, 5.74) is 1.06. The summed E-state index contributed by atoms with van der Waals surface area (Å²) in [7, 11) is 1.60. The average molecular weight is 302 g/mol. The number of carbonyl (C=O) groups excluding carboxylic acids is 2. The van der Waals surface area contributed by atoms with Crippen LogP contribution in [0.25, 0.3) is 0 Å². The van der Waals surface area contributed by atoms with Crippen LogP contribution in [-0.2, 0) is 14.3 Å². The Labute approximate surface area is 131 Å². The molecule has 0 unspecified atom stereocenters. The average Bonchev–Trinajstić information content (AvgIpc) is 2.55. The molecule has 2 rings (SSSR count). The zero-order valence-corrected chi connectivity index (χ0v) is 13.1. The molecule has 1 aromatic rings. The van der Waals surface area contributed by atoms with Gasteiger partial charge < -0.3 is 14.5 Å². The first-order valence-corrected chi connectivity index (χ1v) is 7.36. The number of nitrogens with zero attached hydrogens (tertiary/aromatic N) is 2. The zero-order valence-electron chi connectivity index (χ0n) is 13.1. The molecule has 0 bridgehead atoms. The number of benzene rings is 1. The maximum Gasteiger partial charge on any atom is 0.246 e. The fourth-order valence-corrected chi connectivity index (χ4v) is 2.50. The third kappa shape index (κ3) is 3.74. The Balaban J connectivity index is 2.04. The molecule has 0 saturated carbocycles. The van der Waals surface area contributed by atoms with Crippen molar-refractivity contribution in [2.75, 3.05) is 26.7 Å². The van der Waals surface area contributed by atoms with Crippen molar-refractivity contribution in [2.45, 2.75) is 19.1 Å². The van der Waals surface area contributed by atoms with Crippen molar-refractivity contribution in [3.05, 3.63) is 48.6 Å². The van der Waals surface area contributed by atoms with Crippen LogP contribution in [0.15, 0.2) is 43.0 Å². The predicted molar refractivity (Wildman–Crippen MR) is 84.1 cm³/mol. The van der Waals surface area contributed by atoms with Crippen molar-refractivity contribution in [1.82, 2.24) is 9.80 Å². The van der Waals surface area contributed by atoms with Gasteiger partial charge in [0.2, 0.25) is 11.8 Å². The minimum absolute atomic E-state index is 0.000282. The zero-order chi connectivity index (χ0) is 16.1. The smallest absolute Gasteiger partial charge is 0.246 e. The minimum atomic E-state index is -0.256. The number of likely N-dealkylation sites (N-methyl/N-ethyl adjacent to an activating group) is 1. The molecule has 1 aromatic carbocycles. The number of ether oxygens (including phenoxy) is 1. The Morgan fingerprint density at radius 3 is 2.73 bits per heavy atom. The van der Waals surface area contributed by atoms with E-state index >= 15 is 0 Å². The van der Waals surface area contributed by atoms with E-state index in [9.17, 15) is 9.59 Å². The lowest BCUT2D eigenvalue weighted by atomic mass is 10.1. The fourth-order valence-electron chi connectivity index (χ4n) is 2.50. The van der Waals surface area contributed by atoms with Crippen molar-refractivity contribution in [3.8, 4) is 0 Å². The highest BCUT2D eigenvalue weighted by Gasteiger charge is 2.31. The molecule has 5 heteroatoms. The van der Waals surface area contributed by atoms with E-state index in [1.165, 1.54) is 11.0 Å². The molecule has 1 aliphatic rings. The van der Waals surface area contributed by atoms with Gasteiger partial charge in [-0.1, -0.05) is 36.9 Å². The molecule has 2 atom stereocenters. The SMILES string of the molecule is C=CC(=O)N(C)CC(=O)N1C[C@H](c2ccccc2)OC[C@H]1C. The van der Waals surface area contributed by atoms with Crippen LogP contribution in [0.4, 0.5) is 0 Å². The standard InChI is InChI=1S/C17H22N2O3/c1-4-16(20)18(3)11-17(21)19-10-15(22-12-13(19)2)14-8-6-5-7-9-14/h4-9,13,15H,1,10-12H2,2-3H3/t13-,15-/m1/s1. The van der Waals surface area contributed by atoms with Gasteiger partial charge in [0.15, 0.2) is 0 Å². The molecule has 0 aromatic heterocycles. The highest BCUT2D eigenvalue weighted by Crippen LogP contribution is 2.24. The van der Waals surface area contributed by atoms with E-state index in [-0.39, 0.29) is 30.5 Å². The Hall–Kier alpha value is -2.14. The van der Waals surface area contributed by atoms with Crippen LogP contribution in [0.5, 0.6) is 0 Å². The molecular weight excluding hydrogens is 280 g/mol. The van der Waals surface area contributed by atoms with Gasteiger partial charge in [0.25, 0.3) is 0 Å². The monoisotopic (exact) mass is 302 g/mol. The van der Waals surface area contributed by atoms with Gasteiger partial charge in [-0.25, -0.2) is 0 Å². The molecule has 0 spiro atoms. The summed E-state index contributed by atoms with van der Waals surface area (Å²) in [6.07, 6.45) is 1.09. The van der Waals surface area contributed by atoms with E-state index in [0.29, 0.717) is 13.2 Å². The minimum Gasteiger partial charge on any atom is -0.370 e. The van der Waals surface area contributed by atoms with E-state index in [4.69, 9.17) is 4.74 Å². The van der Waals surface area contributed by atoms with Gasteiger partial charge in [-0.3, -0.25) is 9.59 Å². The molecule has 118 valence electrons. The number of rotatable bonds is 4. The van der Waals surface area contributed by atoms with Gasteiger partial charge >= 0.3 is 0 Å². The number of amides is 2. The molecule has 1 heterocycles. The van der Waals surface area contributed by atoms with Gasteiger partial charge in [-0.05, 0) is 18.6 Å². The molecule has 1 saturated heterocycles. The Kier molecular flexibility index (Phi) is 5.33. The maximum atomic E-state index is 12.5. The summed E-state index contributed by atoms with van der Waals surface area (Å²) < 4.78 is 5.84. The Morgan fingerprint density at radius 1 is 1.41 bits per heavy atom. The molecule has 0 N–H and O–H groups in total. The van der Waals surface area contributed by atoms with E-state index in [1.807, 2.05) is 37.3 Å². The molecule has 0 aliphatic carbocycles. The molecule has 2 amide bonds. The van der Waals surface area contributed by atoms with Crippen molar-refractivity contribution in [3.63, 3.8) is 0 Å². The lowest BCUT2D eigenvalue weighted by Gasteiger charge is -2.38. The largest absolute Gasteiger partial charge is 0.370 e. The first-order chi connectivity index (χ1) is 10.5. The highest BCUT2D eigenvalue weighted by atomic mass is 16.5. The first kappa shape index (κ1) is 16.2. The summed E-state index contributed by atoms with van der Waals surface area (Å²) in [6, 6.07) is 9.86. The lowest BCUT2D eigenvalue weighted by molar-refractivity contribution is -0.147. The lowest BCUT2D eigenvalue weighted by Crippen LogP contribution is -2.51. The van der Waals surface area contributed by atoms with Crippen molar-refractivity contribution >= 4 is 11.8 Å². The van der Waals surface area contributed by atoms with Gasteiger partial charge in [0.05, 0.1) is 25.7 Å². The van der Waals surface area contributed by atoms with Crippen molar-refractivity contribution < 1.29 is 14.3 Å². The molecule has 1 aliphatic heterocycles. The van der Waals surface area contributed by atoms with Gasteiger partial charge in [-0.2, -0.15) is 0 Å². The molecule has 0 radical (unpaired) electrons. The number of hydrogen-bond donors (Lipinski definition) is 0. The summed E-state index contributed by atoms with van der Waals surface area (Å²) >= 11 is 0. The highest BCUT2D eigenvalue weighted by molar-refractivity contribution is 5.90. The van der Waals surface area contributed by atoms with E-state index in [2.05, 4.69) is 6.58 Å². The molecule has 1 fully saturated rings. The number of morpholine rings is 1. The number of carbonyl (C=O) groups is 2. The topological polar surface area (TPSA) is 49.9 Å². The second-order valence-corrected chi connectivity index (χ2v) is 5.53. The van der Waals surface area contributed by atoms with Crippen LogP contribution in [0.3, 0.4) is 0 Å².